The van der Waals surface area contributed by atoms with Gasteiger partial charge in [0.15, 0.2) is 0 Å². The second-order valence-corrected chi connectivity index (χ2v) is 4.20. The fourth-order valence-electron chi connectivity index (χ4n) is 0.973. The molecule has 2 N–H and O–H groups in total. The summed E-state index contributed by atoms with van der Waals surface area (Å²) < 4.78 is 62.5. The molecular formula is C9H8F5NS. The molecule has 0 aliphatic carbocycles. The average Bonchev–Trinajstić information content (AvgIpc) is 2.14. The number of rotatable bonds is 3. The lowest BCUT2D eigenvalue weighted by Crippen LogP contribution is -2.33. The summed E-state index contributed by atoms with van der Waals surface area (Å²) >= 11 is 0.239. The number of hydrogen-bond donors (Lipinski definition) is 1. The fourth-order valence-corrected chi connectivity index (χ4v) is 1.83. The predicted molar refractivity (Wildman–Crippen MR) is 51.1 cm³/mol. The first-order valence-electron chi connectivity index (χ1n) is 4.23. The molecular weight excluding hydrogens is 249 g/mol. The van der Waals surface area contributed by atoms with Crippen LogP contribution in [0.15, 0.2) is 23.1 Å². The van der Waals surface area contributed by atoms with Crippen LogP contribution >= 0.6 is 11.8 Å². The van der Waals surface area contributed by atoms with E-state index < -0.39 is 29.6 Å². The first-order valence-corrected chi connectivity index (χ1v) is 5.11. The molecule has 1 atom stereocenters. The Morgan fingerprint density at radius 1 is 1.25 bits per heavy atom. The summed E-state index contributed by atoms with van der Waals surface area (Å²) in [5.41, 5.74) is 4.95. The van der Waals surface area contributed by atoms with Crippen molar-refractivity contribution in [3.8, 4) is 0 Å². The van der Waals surface area contributed by atoms with Gasteiger partial charge < -0.3 is 5.73 Å². The van der Waals surface area contributed by atoms with Crippen LogP contribution in [-0.2, 0) is 0 Å². The zero-order valence-corrected chi connectivity index (χ0v) is 8.71. The molecule has 90 valence electrons. The van der Waals surface area contributed by atoms with Gasteiger partial charge >= 0.3 is 6.18 Å². The van der Waals surface area contributed by atoms with E-state index in [1.54, 1.807) is 0 Å². The van der Waals surface area contributed by atoms with Crippen molar-refractivity contribution in [2.75, 3.05) is 6.54 Å². The molecule has 0 spiro atoms. The molecule has 0 aromatic heterocycles. The van der Waals surface area contributed by atoms with Crippen LogP contribution in [0.4, 0.5) is 22.0 Å². The minimum atomic E-state index is -4.51. The molecule has 0 bridgehead atoms. The molecule has 0 saturated carbocycles. The van der Waals surface area contributed by atoms with Crippen LogP contribution in [0.25, 0.3) is 0 Å². The maximum absolute atomic E-state index is 13.1. The number of alkyl halides is 3. The summed E-state index contributed by atoms with van der Waals surface area (Å²) in [6.07, 6.45) is -4.51. The summed E-state index contributed by atoms with van der Waals surface area (Å²) in [6, 6.07) is 2.39. The highest BCUT2D eigenvalue weighted by molar-refractivity contribution is 8.00. The third kappa shape index (κ3) is 3.34. The molecule has 0 aliphatic rings. The molecule has 0 amide bonds. The van der Waals surface area contributed by atoms with Crippen LogP contribution in [0, 0.1) is 11.6 Å². The summed E-state index contributed by atoms with van der Waals surface area (Å²) in [7, 11) is 0. The number of benzene rings is 1. The van der Waals surface area contributed by atoms with Gasteiger partial charge in [0, 0.05) is 17.5 Å². The van der Waals surface area contributed by atoms with E-state index in [-0.39, 0.29) is 16.7 Å². The third-order valence-electron chi connectivity index (χ3n) is 1.74. The van der Waals surface area contributed by atoms with Crippen molar-refractivity contribution >= 4 is 11.8 Å². The first kappa shape index (κ1) is 13.2. The van der Waals surface area contributed by atoms with Crippen molar-refractivity contribution < 1.29 is 22.0 Å². The van der Waals surface area contributed by atoms with Crippen LogP contribution in [0.3, 0.4) is 0 Å². The van der Waals surface area contributed by atoms with Gasteiger partial charge in [-0.2, -0.15) is 13.2 Å². The van der Waals surface area contributed by atoms with Gasteiger partial charge in [0.25, 0.3) is 0 Å². The highest BCUT2D eigenvalue weighted by Gasteiger charge is 2.39. The van der Waals surface area contributed by atoms with Gasteiger partial charge in [-0.3, -0.25) is 0 Å². The Labute approximate surface area is 92.8 Å². The topological polar surface area (TPSA) is 26.0 Å². The van der Waals surface area contributed by atoms with Crippen LogP contribution in [-0.4, -0.2) is 18.0 Å². The molecule has 1 nitrogen and oxygen atoms in total. The summed E-state index contributed by atoms with van der Waals surface area (Å²) in [5.74, 6) is -1.86. The molecule has 0 radical (unpaired) electrons. The lowest BCUT2D eigenvalue weighted by Gasteiger charge is -2.17. The summed E-state index contributed by atoms with van der Waals surface area (Å²) in [4.78, 5) is -0.269. The minimum Gasteiger partial charge on any atom is -0.329 e. The van der Waals surface area contributed by atoms with E-state index in [1.165, 1.54) is 0 Å². The smallest absolute Gasteiger partial charge is 0.329 e. The monoisotopic (exact) mass is 257 g/mol. The zero-order valence-electron chi connectivity index (χ0n) is 7.89. The average molecular weight is 257 g/mol. The molecule has 1 aromatic carbocycles. The Bertz CT molecular complexity index is 365. The van der Waals surface area contributed by atoms with Crippen molar-refractivity contribution in [3.63, 3.8) is 0 Å². The molecule has 7 heteroatoms. The molecule has 1 aromatic rings. The van der Waals surface area contributed by atoms with Crippen molar-refractivity contribution in [1.29, 1.82) is 0 Å². The van der Waals surface area contributed by atoms with E-state index in [2.05, 4.69) is 0 Å². The van der Waals surface area contributed by atoms with Gasteiger partial charge in [0.1, 0.15) is 16.9 Å². The predicted octanol–water partition coefficient (Wildman–Crippen LogP) is 2.95. The molecule has 0 heterocycles. The normalized spacial score (nSPS) is 13.9. The Hall–Kier alpha value is -0.820. The standard InChI is InChI=1S/C9H8F5NS/c10-5-1-2-7(6(11)3-5)16-8(4-15)9(12,13)14/h1-3,8H,4,15H2. The Morgan fingerprint density at radius 3 is 2.31 bits per heavy atom. The summed E-state index contributed by atoms with van der Waals surface area (Å²) in [6.45, 7) is -0.662. The fraction of sp³-hybridized carbons (Fsp3) is 0.333. The lowest BCUT2D eigenvalue weighted by atomic mass is 10.3. The van der Waals surface area contributed by atoms with Crippen LogP contribution < -0.4 is 5.73 Å². The van der Waals surface area contributed by atoms with Crippen molar-refractivity contribution in [1.82, 2.24) is 0 Å². The largest absolute Gasteiger partial charge is 0.402 e. The highest BCUT2D eigenvalue weighted by Crippen LogP contribution is 2.35. The van der Waals surface area contributed by atoms with E-state index in [1.807, 2.05) is 0 Å². The SMILES string of the molecule is NCC(Sc1ccc(F)cc1F)C(F)(F)F. The van der Waals surface area contributed by atoms with Gasteiger partial charge in [-0.1, -0.05) is 0 Å². The quantitative estimate of drug-likeness (QED) is 0.665. The van der Waals surface area contributed by atoms with Gasteiger partial charge in [-0.05, 0) is 12.1 Å². The van der Waals surface area contributed by atoms with Crippen LogP contribution in [0.2, 0.25) is 0 Å². The second-order valence-electron chi connectivity index (χ2n) is 2.96. The van der Waals surface area contributed by atoms with E-state index in [0.717, 1.165) is 12.1 Å². The number of nitrogens with two attached hydrogens (primary N) is 1. The maximum atomic E-state index is 13.1. The molecule has 0 aliphatic heterocycles. The zero-order chi connectivity index (χ0) is 12.3. The Kier molecular flexibility index (Phi) is 4.15. The van der Waals surface area contributed by atoms with Gasteiger partial charge in [0.05, 0.1) is 0 Å². The van der Waals surface area contributed by atoms with Gasteiger partial charge in [-0.25, -0.2) is 8.78 Å². The molecule has 0 saturated heterocycles. The van der Waals surface area contributed by atoms with Gasteiger partial charge in [-0.15, -0.1) is 11.8 Å². The van der Waals surface area contributed by atoms with E-state index in [4.69, 9.17) is 5.73 Å². The van der Waals surface area contributed by atoms with E-state index in [9.17, 15) is 22.0 Å². The van der Waals surface area contributed by atoms with E-state index >= 15 is 0 Å². The molecule has 1 unspecified atom stereocenters. The third-order valence-corrected chi connectivity index (χ3v) is 3.07. The van der Waals surface area contributed by atoms with E-state index in [0.29, 0.717) is 6.07 Å². The van der Waals surface area contributed by atoms with Crippen molar-refractivity contribution in [2.45, 2.75) is 16.3 Å². The second kappa shape index (κ2) is 5.01. The Balaban J connectivity index is 2.86. The summed E-state index contributed by atoms with van der Waals surface area (Å²) in [5, 5.41) is -1.90. The first-order chi connectivity index (χ1) is 7.34. The maximum Gasteiger partial charge on any atom is 0.402 e. The van der Waals surface area contributed by atoms with Crippen LogP contribution in [0.1, 0.15) is 0 Å². The Morgan fingerprint density at radius 2 is 1.88 bits per heavy atom. The highest BCUT2D eigenvalue weighted by atomic mass is 32.2. The lowest BCUT2D eigenvalue weighted by molar-refractivity contribution is -0.126. The van der Waals surface area contributed by atoms with Gasteiger partial charge in [0.2, 0.25) is 0 Å². The van der Waals surface area contributed by atoms with Crippen LogP contribution in [0.5, 0.6) is 0 Å². The number of thioether (sulfide) groups is 1. The molecule has 1 rings (SSSR count). The van der Waals surface area contributed by atoms with Crippen molar-refractivity contribution in [3.05, 3.63) is 29.8 Å². The number of halogens is 5. The number of hydrogen-bond acceptors (Lipinski definition) is 2. The minimum absolute atomic E-state index is 0.239. The molecule has 16 heavy (non-hydrogen) atoms. The molecule has 0 fully saturated rings. The van der Waals surface area contributed by atoms with Crippen molar-refractivity contribution in [2.24, 2.45) is 5.73 Å².